The first-order valence-electron chi connectivity index (χ1n) is 4.57. The molecule has 68 valence electrons. The third kappa shape index (κ3) is 0.859. The second-order valence-electron chi connectivity index (χ2n) is 3.92. The number of carbonyl (C=O) groups is 1. The molecule has 0 radical (unpaired) electrons. The zero-order valence-electron chi connectivity index (χ0n) is 7.83. The van der Waals surface area contributed by atoms with Gasteiger partial charge in [0, 0.05) is 10.8 Å². The van der Waals surface area contributed by atoms with Crippen molar-refractivity contribution in [2.75, 3.05) is 0 Å². The summed E-state index contributed by atoms with van der Waals surface area (Å²) in [6, 6.07) is 0.429. The first kappa shape index (κ1) is 8.42. The van der Waals surface area contributed by atoms with E-state index in [2.05, 4.69) is 20.8 Å². The summed E-state index contributed by atoms with van der Waals surface area (Å²) in [5.74, 6) is 0.345. The number of β-lactam (4-membered cyclic amide) rings is 1. The third-order valence-electron chi connectivity index (χ3n) is 3.36. The van der Waals surface area contributed by atoms with Crippen molar-refractivity contribution in [3.63, 3.8) is 0 Å². The molecule has 0 aliphatic carbocycles. The second kappa shape index (κ2) is 2.41. The largest absolute Gasteiger partial charge is 0.326 e. The number of amides is 1. The number of thioether (sulfide) groups is 1. The van der Waals surface area contributed by atoms with E-state index in [4.69, 9.17) is 0 Å². The summed E-state index contributed by atoms with van der Waals surface area (Å²) in [5.41, 5.74) is 0. The fraction of sp³-hybridized carbons (Fsp3) is 0.889. The first-order valence-corrected chi connectivity index (χ1v) is 5.45. The maximum atomic E-state index is 11.2. The second-order valence-corrected chi connectivity index (χ2v) is 5.63. The Morgan fingerprint density at radius 2 is 2.42 bits per heavy atom. The van der Waals surface area contributed by atoms with E-state index in [0.29, 0.717) is 22.1 Å². The van der Waals surface area contributed by atoms with Crippen LogP contribution in [0.3, 0.4) is 0 Å². The number of rotatable bonds is 1. The minimum Gasteiger partial charge on any atom is -0.326 e. The molecule has 0 aromatic heterocycles. The van der Waals surface area contributed by atoms with Crippen LogP contribution in [0.15, 0.2) is 0 Å². The maximum Gasteiger partial charge on any atom is 0.226 e. The van der Waals surface area contributed by atoms with Gasteiger partial charge in [-0.1, -0.05) is 6.92 Å². The van der Waals surface area contributed by atoms with E-state index in [9.17, 15) is 4.79 Å². The van der Waals surface area contributed by atoms with E-state index in [0.717, 1.165) is 12.8 Å². The molecule has 0 N–H and O–H groups in total. The number of nitrogens with zero attached hydrogens (tertiary/aromatic N) is 1. The van der Waals surface area contributed by atoms with Gasteiger partial charge in [-0.25, -0.2) is 0 Å². The lowest BCUT2D eigenvalue weighted by molar-refractivity contribution is -0.143. The molecule has 0 spiro atoms. The monoisotopic (exact) mass is 185 g/mol. The van der Waals surface area contributed by atoms with Gasteiger partial charge in [0.2, 0.25) is 5.91 Å². The van der Waals surface area contributed by atoms with E-state index in [1.165, 1.54) is 0 Å². The van der Waals surface area contributed by atoms with Gasteiger partial charge < -0.3 is 4.90 Å². The summed E-state index contributed by atoms with van der Waals surface area (Å²) >= 11 is 1.98. The van der Waals surface area contributed by atoms with Crippen molar-refractivity contribution in [2.24, 2.45) is 0 Å². The zero-order valence-corrected chi connectivity index (χ0v) is 8.65. The summed E-state index contributed by atoms with van der Waals surface area (Å²) in [6.45, 7) is 6.65. The highest BCUT2D eigenvalue weighted by atomic mass is 32.2. The average Bonchev–Trinajstić information content (AvgIpc) is 2.21. The normalized spacial score (nSPS) is 45.9. The van der Waals surface area contributed by atoms with Crippen molar-refractivity contribution in [1.82, 2.24) is 4.90 Å². The Labute approximate surface area is 77.7 Å². The molecule has 2 aliphatic heterocycles. The first-order chi connectivity index (χ1) is 5.58. The van der Waals surface area contributed by atoms with Gasteiger partial charge >= 0.3 is 0 Å². The fourth-order valence-corrected chi connectivity index (χ4v) is 3.79. The zero-order chi connectivity index (χ0) is 8.93. The summed E-state index contributed by atoms with van der Waals surface area (Å²) in [4.78, 5) is 13.3. The average molecular weight is 185 g/mol. The number of hydrogen-bond donors (Lipinski definition) is 0. The summed E-state index contributed by atoms with van der Waals surface area (Å²) in [6.07, 6.45) is 1.92. The van der Waals surface area contributed by atoms with Gasteiger partial charge in [-0.05, 0) is 20.3 Å². The molecule has 0 aromatic rings. The molecule has 0 aromatic carbocycles. The molecule has 2 rings (SSSR count). The van der Waals surface area contributed by atoms with Crippen LogP contribution in [-0.2, 0) is 4.79 Å². The highest BCUT2D eigenvalue weighted by Gasteiger charge is 2.54. The van der Waals surface area contributed by atoms with Crippen LogP contribution in [0.1, 0.15) is 33.6 Å². The predicted octanol–water partition coefficient (Wildman–Crippen LogP) is 1.85. The molecule has 2 heterocycles. The topological polar surface area (TPSA) is 20.3 Å². The van der Waals surface area contributed by atoms with E-state index >= 15 is 0 Å². The van der Waals surface area contributed by atoms with E-state index in [-0.39, 0.29) is 0 Å². The molecule has 2 aliphatic rings. The van der Waals surface area contributed by atoms with Crippen LogP contribution < -0.4 is 0 Å². The molecule has 0 bridgehead atoms. The summed E-state index contributed by atoms with van der Waals surface area (Å²) in [5, 5.41) is 0.498. The maximum absolute atomic E-state index is 11.2. The van der Waals surface area contributed by atoms with E-state index in [1.54, 1.807) is 0 Å². The molecule has 3 unspecified atom stereocenters. The highest BCUT2D eigenvalue weighted by molar-refractivity contribution is 8.01. The molecule has 12 heavy (non-hydrogen) atoms. The number of carbonyl (C=O) groups excluding carboxylic acids is 1. The third-order valence-corrected chi connectivity index (χ3v) is 5.19. The van der Waals surface area contributed by atoms with E-state index < -0.39 is 0 Å². The van der Waals surface area contributed by atoms with Crippen LogP contribution >= 0.6 is 11.8 Å². The van der Waals surface area contributed by atoms with Crippen molar-refractivity contribution < 1.29 is 4.79 Å². The van der Waals surface area contributed by atoms with Crippen LogP contribution in [0.5, 0.6) is 0 Å². The quantitative estimate of drug-likeness (QED) is 0.581. The molecule has 2 fully saturated rings. The van der Waals surface area contributed by atoms with Gasteiger partial charge in [-0.2, -0.15) is 0 Å². The Morgan fingerprint density at radius 3 is 2.83 bits per heavy atom. The van der Waals surface area contributed by atoms with Gasteiger partial charge in [-0.15, -0.1) is 11.8 Å². The summed E-state index contributed by atoms with van der Waals surface area (Å²) in [7, 11) is 0. The SMILES string of the molecule is CCC1(C)SC2CC(=O)N2C1C. The molecular formula is C9H15NOS. The lowest BCUT2D eigenvalue weighted by Gasteiger charge is -2.37. The van der Waals surface area contributed by atoms with Crippen LogP contribution in [0.4, 0.5) is 0 Å². The van der Waals surface area contributed by atoms with Crippen molar-refractivity contribution in [2.45, 2.75) is 49.8 Å². The smallest absolute Gasteiger partial charge is 0.226 e. The van der Waals surface area contributed by atoms with Crippen LogP contribution in [0.25, 0.3) is 0 Å². The molecule has 3 heteroatoms. The Morgan fingerprint density at radius 1 is 1.75 bits per heavy atom. The lowest BCUT2D eigenvalue weighted by atomic mass is 9.96. The van der Waals surface area contributed by atoms with Gasteiger partial charge in [-0.3, -0.25) is 4.79 Å². The molecule has 0 saturated carbocycles. The highest BCUT2D eigenvalue weighted by Crippen LogP contribution is 2.51. The van der Waals surface area contributed by atoms with Crippen molar-refractivity contribution in [3.05, 3.63) is 0 Å². The minimum atomic E-state index is 0.302. The lowest BCUT2D eigenvalue weighted by Crippen LogP contribution is -2.52. The van der Waals surface area contributed by atoms with Crippen LogP contribution in [0, 0.1) is 0 Å². The van der Waals surface area contributed by atoms with Crippen molar-refractivity contribution in [3.8, 4) is 0 Å². The number of hydrogen-bond acceptors (Lipinski definition) is 2. The molecule has 2 saturated heterocycles. The Hall–Kier alpha value is -0.180. The van der Waals surface area contributed by atoms with E-state index in [1.807, 2.05) is 16.7 Å². The molecule has 2 nitrogen and oxygen atoms in total. The van der Waals surface area contributed by atoms with Gasteiger partial charge in [0.25, 0.3) is 0 Å². The van der Waals surface area contributed by atoms with Gasteiger partial charge in [0.15, 0.2) is 0 Å². The molecular weight excluding hydrogens is 170 g/mol. The predicted molar refractivity (Wildman–Crippen MR) is 51.0 cm³/mol. The van der Waals surface area contributed by atoms with Crippen LogP contribution in [0.2, 0.25) is 0 Å². The minimum absolute atomic E-state index is 0.302. The standard InChI is InChI=1S/C9H15NOS/c1-4-9(3)6(2)10-7(11)5-8(10)12-9/h6,8H,4-5H2,1-3H3. The molecule has 1 amide bonds. The van der Waals surface area contributed by atoms with Gasteiger partial charge in [0.05, 0.1) is 11.8 Å². The Balaban J connectivity index is 2.20. The molecule has 3 atom stereocenters. The fourth-order valence-electron chi connectivity index (χ4n) is 2.05. The van der Waals surface area contributed by atoms with Gasteiger partial charge in [0.1, 0.15) is 0 Å². The van der Waals surface area contributed by atoms with Crippen molar-refractivity contribution >= 4 is 17.7 Å². The summed E-state index contributed by atoms with van der Waals surface area (Å²) < 4.78 is 0.302. The van der Waals surface area contributed by atoms with Crippen molar-refractivity contribution in [1.29, 1.82) is 0 Å². The Bertz CT molecular complexity index is 231. The number of fused-ring (bicyclic) bond motifs is 1. The Kier molecular flexibility index (Phi) is 1.69. The van der Waals surface area contributed by atoms with Crippen LogP contribution in [-0.4, -0.2) is 27.0 Å².